The summed E-state index contributed by atoms with van der Waals surface area (Å²) in [6, 6.07) is 14.7. The van der Waals surface area contributed by atoms with Crippen LogP contribution in [0.25, 0.3) is 10.9 Å². The molecule has 1 saturated heterocycles. The molecule has 0 saturated carbocycles. The Labute approximate surface area is 191 Å². The first-order valence-electron chi connectivity index (χ1n) is 11.7. The number of aromatic nitrogens is 2. The van der Waals surface area contributed by atoms with Crippen LogP contribution in [0, 0.1) is 5.92 Å². The van der Waals surface area contributed by atoms with Gasteiger partial charge in [0.25, 0.3) is 0 Å². The van der Waals surface area contributed by atoms with Crippen molar-refractivity contribution in [1.82, 2.24) is 9.97 Å². The smallest absolute Gasteiger partial charge is 0.152 e. The number of piperidine rings is 1. The van der Waals surface area contributed by atoms with Gasteiger partial charge >= 0.3 is 0 Å². The Morgan fingerprint density at radius 2 is 2.06 bits per heavy atom. The Hall–Kier alpha value is -3.02. The average Bonchev–Trinajstić information content (AvgIpc) is 3.25. The molecule has 1 fully saturated rings. The van der Waals surface area contributed by atoms with Crippen molar-refractivity contribution >= 4 is 34.5 Å². The molecule has 1 aromatic carbocycles. The van der Waals surface area contributed by atoms with Gasteiger partial charge < -0.3 is 24.5 Å². The summed E-state index contributed by atoms with van der Waals surface area (Å²) in [6.07, 6.45) is 4.77. The Morgan fingerprint density at radius 1 is 1.25 bits per heavy atom. The number of para-hydroxylation sites is 1. The van der Waals surface area contributed by atoms with Crippen molar-refractivity contribution in [3.8, 4) is 0 Å². The van der Waals surface area contributed by atoms with Crippen LogP contribution in [0.3, 0.4) is 0 Å². The molecule has 6 nitrogen and oxygen atoms in total. The number of fused-ring (bicyclic) bond motifs is 1. The lowest BCUT2D eigenvalue weighted by molar-refractivity contribution is -0.109. The van der Waals surface area contributed by atoms with E-state index in [0.29, 0.717) is 5.92 Å². The molecule has 32 heavy (non-hydrogen) atoms. The Morgan fingerprint density at radius 3 is 2.78 bits per heavy atom. The molecule has 1 N–H and O–H groups in total. The number of nitrogens with zero attached hydrogens (tertiary/aromatic N) is 4. The maximum absolute atomic E-state index is 12.2. The number of aldehydes is 1. The minimum atomic E-state index is -0.160. The van der Waals surface area contributed by atoms with Crippen LogP contribution < -0.4 is 14.7 Å². The van der Waals surface area contributed by atoms with Gasteiger partial charge in [-0.15, -0.1) is 0 Å². The van der Waals surface area contributed by atoms with Crippen molar-refractivity contribution in [2.75, 3.05) is 41.4 Å². The first-order valence-corrected chi connectivity index (χ1v) is 11.7. The molecule has 1 aliphatic heterocycles. The SMILES string of the molecule is CCN(C)c1cccnc1N(CC(C)C)C1CCN(c2cc3ccccc3[nH]2)C(C=O)C1. The standard InChI is InChI=1S/C26H35N5O/c1-5-29(4)24-11-8-13-27-26(24)31(17-19(2)3)21-12-14-30(22(16-21)18-32)25-15-20-9-6-7-10-23(20)28-25/h6-11,13,15,18-19,21-22,28H,5,12,14,16-17H2,1-4H3. The molecule has 0 amide bonds. The minimum absolute atomic E-state index is 0.160. The average molecular weight is 434 g/mol. The number of carbonyl (C=O) groups excluding carboxylic acids is 1. The number of hydrogen-bond acceptors (Lipinski definition) is 5. The molecule has 0 spiro atoms. The van der Waals surface area contributed by atoms with E-state index in [1.54, 1.807) is 0 Å². The fourth-order valence-corrected chi connectivity index (χ4v) is 4.78. The van der Waals surface area contributed by atoms with Crippen LogP contribution in [0.1, 0.15) is 33.6 Å². The zero-order valence-electron chi connectivity index (χ0n) is 19.7. The highest BCUT2D eigenvalue weighted by molar-refractivity contribution is 5.85. The lowest BCUT2D eigenvalue weighted by Gasteiger charge is -2.44. The van der Waals surface area contributed by atoms with Gasteiger partial charge in [-0.25, -0.2) is 4.98 Å². The summed E-state index contributed by atoms with van der Waals surface area (Å²) in [5.74, 6) is 2.55. The summed E-state index contributed by atoms with van der Waals surface area (Å²) in [6.45, 7) is 9.33. The normalized spacial score (nSPS) is 18.8. The predicted octanol–water partition coefficient (Wildman–Crippen LogP) is 4.72. The van der Waals surface area contributed by atoms with Gasteiger partial charge in [0, 0.05) is 49.8 Å². The minimum Gasteiger partial charge on any atom is -0.372 e. The Kier molecular flexibility index (Phi) is 6.68. The monoisotopic (exact) mass is 433 g/mol. The van der Waals surface area contributed by atoms with E-state index >= 15 is 0 Å². The number of benzene rings is 1. The molecule has 170 valence electrons. The molecule has 2 atom stereocenters. The molecule has 2 unspecified atom stereocenters. The number of anilines is 3. The van der Waals surface area contributed by atoms with E-state index in [2.05, 4.69) is 71.8 Å². The topological polar surface area (TPSA) is 55.5 Å². The lowest BCUT2D eigenvalue weighted by Crippen LogP contribution is -2.52. The molecule has 3 heterocycles. The fraction of sp³-hybridized carbons (Fsp3) is 0.462. The van der Waals surface area contributed by atoms with E-state index in [1.807, 2.05) is 24.4 Å². The van der Waals surface area contributed by atoms with E-state index in [4.69, 9.17) is 4.98 Å². The van der Waals surface area contributed by atoms with Crippen molar-refractivity contribution in [2.45, 2.75) is 45.7 Å². The van der Waals surface area contributed by atoms with Crippen LogP contribution >= 0.6 is 0 Å². The van der Waals surface area contributed by atoms with Gasteiger partial charge in [0.2, 0.25) is 0 Å². The van der Waals surface area contributed by atoms with Gasteiger partial charge in [-0.2, -0.15) is 0 Å². The van der Waals surface area contributed by atoms with Crippen LogP contribution in [0.2, 0.25) is 0 Å². The van der Waals surface area contributed by atoms with Gasteiger partial charge in [0.05, 0.1) is 11.7 Å². The zero-order valence-corrected chi connectivity index (χ0v) is 19.7. The molecule has 0 aliphatic carbocycles. The van der Waals surface area contributed by atoms with Crippen molar-refractivity contribution in [3.05, 3.63) is 48.7 Å². The van der Waals surface area contributed by atoms with Gasteiger partial charge in [-0.05, 0) is 49.9 Å². The van der Waals surface area contributed by atoms with E-state index < -0.39 is 0 Å². The third kappa shape index (κ3) is 4.45. The van der Waals surface area contributed by atoms with E-state index in [-0.39, 0.29) is 12.1 Å². The number of hydrogen-bond donors (Lipinski definition) is 1. The Balaban J connectivity index is 1.61. The van der Waals surface area contributed by atoms with E-state index in [9.17, 15) is 4.79 Å². The molecule has 6 heteroatoms. The van der Waals surface area contributed by atoms with E-state index in [0.717, 1.165) is 61.6 Å². The maximum Gasteiger partial charge on any atom is 0.152 e. The molecular formula is C26H35N5O. The predicted molar refractivity (Wildman–Crippen MR) is 134 cm³/mol. The number of aromatic amines is 1. The van der Waals surface area contributed by atoms with Crippen molar-refractivity contribution in [1.29, 1.82) is 0 Å². The highest BCUT2D eigenvalue weighted by Gasteiger charge is 2.34. The second-order valence-electron chi connectivity index (χ2n) is 9.22. The summed E-state index contributed by atoms with van der Waals surface area (Å²) >= 11 is 0. The number of H-pyrrole nitrogens is 1. The highest BCUT2D eigenvalue weighted by Crippen LogP contribution is 2.34. The first kappa shape index (κ1) is 22.2. The van der Waals surface area contributed by atoms with Crippen LogP contribution in [-0.4, -0.2) is 55.0 Å². The summed E-state index contributed by atoms with van der Waals surface area (Å²) < 4.78 is 0. The van der Waals surface area contributed by atoms with Gasteiger partial charge in [0.1, 0.15) is 12.1 Å². The maximum atomic E-state index is 12.2. The van der Waals surface area contributed by atoms with Crippen molar-refractivity contribution in [3.63, 3.8) is 0 Å². The van der Waals surface area contributed by atoms with Crippen LogP contribution in [-0.2, 0) is 4.79 Å². The molecule has 4 rings (SSSR count). The highest BCUT2D eigenvalue weighted by atomic mass is 16.1. The van der Waals surface area contributed by atoms with Gasteiger partial charge in [-0.3, -0.25) is 0 Å². The molecule has 1 aliphatic rings. The van der Waals surface area contributed by atoms with Crippen molar-refractivity contribution < 1.29 is 4.79 Å². The summed E-state index contributed by atoms with van der Waals surface area (Å²) in [7, 11) is 2.11. The third-order valence-electron chi connectivity index (χ3n) is 6.53. The number of pyridine rings is 1. The number of nitrogens with one attached hydrogen (secondary N) is 1. The molecule has 0 radical (unpaired) electrons. The summed E-state index contributed by atoms with van der Waals surface area (Å²) in [4.78, 5) is 27.4. The lowest BCUT2D eigenvalue weighted by atomic mass is 9.95. The largest absolute Gasteiger partial charge is 0.372 e. The van der Waals surface area contributed by atoms with Gasteiger partial charge in [-0.1, -0.05) is 32.0 Å². The molecule has 3 aromatic rings. The Bertz CT molecular complexity index is 1010. The zero-order chi connectivity index (χ0) is 22.7. The second-order valence-corrected chi connectivity index (χ2v) is 9.22. The van der Waals surface area contributed by atoms with Crippen LogP contribution in [0.5, 0.6) is 0 Å². The first-order chi connectivity index (χ1) is 15.5. The fourth-order valence-electron chi connectivity index (χ4n) is 4.78. The number of carbonyl (C=O) groups is 1. The van der Waals surface area contributed by atoms with Crippen LogP contribution in [0.15, 0.2) is 48.7 Å². The van der Waals surface area contributed by atoms with Gasteiger partial charge in [0.15, 0.2) is 5.82 Å². The van der Waals surface area contributed by atoms with E-state index in [1.165, 1.54) is 5.39 Å². The molecular weight excluding hydrogens is 398 g/mol. The number of rotatable bonds is 8. The third-order valence-corrected chi connectivity index (χ3v) is 6.53. The van der Waals surface area contributed by atoms with Crippen molar-refractivity contribution in [2.24, 2.45) is 5.92 Å². The summed E-state index contributed by atoms with van der Waals surface area (Å²) in [5, 5.41) is 1.18. The second kappa shape index (κ2) is 9.63. The molecule has 0 bridgehead atoms. The van der Waals surface area contributed by atoms with Crippen LogP contribution in [0.4, 0.5) is 17.3 Å². The quantitative estimate of drug-likeness (QED) is 0.521. The molecule has 2 aromatic heterocycles. The summed E-state index contributed by atoms with van der Waals surface area (Å²) in [5.41, 5.74) is 2.26.